The van der Waals surface area contributed by atoms with E-state index < -0.39 is 35.2 Å². The second-order valence-corrected chi connectivity index (χ2v) is 7.62. The van der Waals surface area contributed by atoms with Gasteiger partial charge in [0, 0.05) is 23.6 Å². The Kier molecular flexibility index (Phi) is 5.30. The zero-order chi connectivity index (χ0) is 20.5. The Bertz CT molecular complexity index is 897. The fourth-order valence-electron chi connectivity index (χ4n) is 4.42. The number of ketones is 1. The van der Waals surface area contributed by atoms with Crippen LogP contribution in [0.1, 0.15) is 41.6 Å². The molecule has 0 saturated carbocycles. The number of ether oxygens (including phenoxy) is 1. The summed E-state index contributed by atoms with van der Waals surface area (Å²) in [6.45, 7) is 0.173. The van der Waals surface area contributed by atoms with Crippen LogP contribution >= 0.6 is 0 Å². The van der Waals surface area contributed by atoms with Crippen molar-refractivity contribution in [2.45, 2.75) is 44.4 Å². The van der Waals surface area contributed by atoms with Crippen LogP contribution in [0.5, 0.6) is 0 Å². The fourth-order valence-corrected chi connectivity index (χ4v) is 4.42. The van der Waals surface area contributed by atoms with E-state index in [4.69, 9.17) is 4.74 Å². The molecule has 4 nitrogen and oxygen atoms in total. The van der Waals surface area contributed by atoms with Crippen molar-refractivity contribution in [1.29, 1.82) is 0 Å². The molecular weight excluding hydrogens is 383 g/mol. The lowest BCUT2D eigenvalue weighted by Crippen LogP contribution is -2.48. The molecule has 0 N–H and O–H groups in total. The maximum absolute atomic E-state index is 13.5. The number of fused-ring (bicyclic) bond motifs is 2. The molecule has 2 aromatic carbocycles. The molecule has 29 heavy (non-hydrogen) atoms. The van der Waals surface area contributed by atoms with E-state index in [1.807, 2.05) is 30.3 Å². The van der Waals surface area contributed by atoms with Crippen LogP contribution in [0.25, 0.3) is 0 Å². The molecule has 1 amide bonds. The second kappa shape index (κ2) is 7.89. The van der Waals surface area contributed by atoms with Gasteiger partial charge in [-0.15, -0.1) is 0 Å². The van der Waals surface area contributed by atoms with E-state index in [2.05, 4.69) is 0 Å². The van der Waals surface area contributed by atoms with E-state index in [1.54, 1.807) is 4.90 Å². The van der Waals surface area contributed by atoms with Gasteiger partial charge in [-0.05, 0) is 43.4 Å². The average Bonchev–Trinajstić information content (AvgIpc) is 2.99. The van der Waals surface area contributed by atoms with Crippen molar-refractivity contribution in [1.82, 2.24) is 4.90 Å². The third-order valence-corrected chi connectivity index (χ3v) is 5.79. The molecule has 0 aliphatic carbocycles. The molecular formula is C22H20F3NO3. The molecule has 7 heteroatoms. The highest BCUT2D eigenvalue weighted by molar-refractivity contribution is 5.98. The van der Waals surface area contributed by atoms with Crippen LogP contribution in [0, 0.1) is 23.4 Å². The quantitative estimate of drug-likeness (QED) is 0.541. The number of benzene rings is 2. The van der Waals surface area contributed by atoms with Gasteiger partial charge in [0.2, 0.25) is 0 Å². The van der Waals surface area contributed by atoms with Crippen molar-refractivity contribution in [3.8, 4) is 0 Å². The summed E-state index contributed by atoms with van der Waals surface area (Å²) < 4.78 is 45.6. The zero-order valence-electron chi connectivity index (χ0n) is 15.6. The smallest absolute Gasteiger partial charge is 0.410 e. The number of hydrogen-bond donors (Lipinski definition) is 0. The van der Waals surface area contributed by atoms with Crippen molar-refractivity contribution in [2.75, 3.05) is 0 Å². The Morgan fingerprint density at radius 1 is 0.966 bits per heavy atom. The average molecular weight is 403 g/mol. The van der Waals surface area contributed by atoms with Crippen molar-refractivity contribution < 1.29 is 27.5 Å². The number of carbonyl (C=O) groups excluding carboxylic acids is 2. The zero-order valence-corrected chi connectivity index (χ0v) is 15.6. The van der Waals surface area contributed by atoms with Crippen LogP contribution in [0.3, 0.4) is 0 Å². The molecule has 2 heterocycles. The van der Waals surface area contributed by atoms with Crippen LogP contribution in [0.2, 0.25) is 0 Å². The van der Waals surface area contributed by atoms with Crippen molar-refractivity contribution in [3.63, 3.8) is 0 Å². The van der Waals surface area contributed by atoms with Crippen molar-refractivity contribution in [2.24, 2.45) is 5.92 Å². The van der Waals surface area contributed by atoms with Gasteiger partial charge in [0.15, 0.2) is 23.2 Å². The fraction of sp³-hybridized carbons (Fsp3) is 0.364. The molecule has 152 valence electrons. The molecule has 4 rings (SSSR count). The van der Waals surface area contributed by atoms with E-state index in [0.29, 0.717) is 12.8 Å². The van der Waals surface area contributed by atoms with Gasteiger partial charge >= 0.3 is 6.09 Å². The maximum atomic E-state index is 13.5. The van der Waals surface area contributed by atoms with Gasteiger partial charge in [-0.3, -0.25) is 4.79 Å². The molecule has 2 aliphatic rings. The van der Waals surface area contributed by atoms with Crippen LogP contribution in [-0.2, 0) is 11.3 Å². The van der Waals surface area contributed by atoms with Gasteiger partial charge < -0.3 is 9.64 Å². The lowest BCUT2D eigenvalue weighted by atomic mass is 9.85. The Morgan fingerprint density at radius 2 is 1.55 bits per heavy atom. The van der Waals surface area contributed by atoms with Gasteiger partial charge in [-0.25, -0.2) is 18.0 Å². The molecule has 2 unspecified atom stereocenters. The van der Waals surface area contributed by atoms with Crippen LogP contribution < -0.4 is 0 Å². The van der Waals surface area contributed by atoms with Gasteiger partial charge in [0.1, 0.15) is 6.61 Å². The summed E-state index contributed by atoms with van der Waals surface area (Å²) >= 11 is 0. The highest BCUT2D eigenvalue weighted by Crippen LogP contribution is 2.40. The lowest BCUT2D eigenvalue weighted by molar-refractivity contribution is 0.0485. The van der Waals surface area contributed by atoms with Crippen LogP contribution in [0.15, 0.2) is 42.5 Å². The summed E-state index contributed by atoms with van der Waals surface area (Å²) in [6, 6.07) is 10.5. The summed E-state index contributed by atoms with van der Waals surface area (Å²) in [7, 11) is 0. The Labute approximate surface area is 166 Å². The van der Waals surface area contributed by atoms with E-state index in [9.17, 15) is 22.8 Å². The lowest BCUT2D eigenvalue weighted by Gasteiger charge is -2.37. The third kappa shape index (κ3) is 3.86. The van der Waals surface area contributed by atoms with Gasteiger partial charge in [-0.1, -0.05) is 30.3 Å². The molecule has 2 atom stereocenters. The molecule has 2 saturated heterocycles. The number of amides is 1. The summed E-state index contributed by atoms with van der Waals surface area (Å²) in [5.74, 6) is -5.22. The molecule has 2 aliphatic heterocycles. The first-order valence-corrected chi connectivity index (χ1v) is 9.62. The molecule has 2 bridgehead atoms. The van der Waals surface area contributed by atoms with Gasteiger partial charge in [-0.2, -0.15) is 0 Å². The number of hydrogen-bond acceptors (Lipinski definition) is 3. The van der Waals surface area contributed by atoms with Gasteiger partial charge in [0.25, 0.3) is 0 Å². The molecule has 2 fully saturated rings. The topological polar surface area (TPSA) is 46.6 Å². The SMILES string of the molecule is O=C(c1cc(F)c(F)c(F)c1)C1CC2CCC(C1)N2C(=O)OCc1ccccc1. The highest BCUT2D eigenvalue weighted by atomic mass is 19.2. The Morgan fingerprint density at radius 3 is 2.14 bits per heavy atom. The molecule has 2 aromatic rings. The normalized spacial score (nSPS) is 23.1. The van der Waals surface area contributed by atoms with E-state index in [1.165, 1.54) is 0 Å². The molecule has 0 radical (unpaired) electrons. The van der Waals surface area contributed by atoms with E-state index in [0.717, 1.165) is 30.5 Å². The largest absolute Gasteiger partial charge is 0.445 e. The first-order valence-electron chi connectivity index (χ1n) is 9.62. The number of Topliss-reactive ketones (excluding diaryl/α,β-unsaturated/α-hetero) is 1. The second-order valence-electron chi connectivity index (χ2n) is 7.62. The minimum Gasteiger partial charge on any atom is -0.445 e. The highest BCUT2D eigenvalue weighted by Gasteiger charge is 2.46. The summed E-state index contributed by atoms with van der Waals surface area (Å²) in [6.07, 6.45) is 1.89. The summed E-state index contributed by atoms with van der Waals surface area (Å²) in [5, 5.41) is 0. The standard InChI is InChI=1S/C22H20F3NO3/c23-18-10-15(11-19(24)20(18)25)21(27)14-8-16-6-7-17(9-14)26(16)22(28)29-12-13-4-2-1-3-5-13/h1-5,10-11,14,16-17H,6-9,12H2. The Balaban J connectivity index is 1.42. The number of piperidine rings is 1. The first-order chi connectivity index (χ1) is 13.9. The van der Waals surface area contributed by atoms with Crippen molar-refractivity contribution in [3.05, 3.63) is 71.0 Å². The monoisotopic (exact) mass is 403 g/mol. The third-order valence-electron chi connectivity index (χ3n) is 5.79. The predicted octanol–water partition coefficient (Wildman–Crippen LogP) is 4.87. The van der Waals surface area contributed by atoms with Crippen molar-refractivity contribution >= 4 is 11.9 Å². The minimum atomic E-state index is -1.59. The van der Waals surface area contributed by atoms with Gasteiger partial charge in [0.05, 0.1) is 0 Å². The summed E-state index contributed by atoms with van der Waals surface area (Å²) in [5.41, 5.74) is 0.713. The Hall–Kier alpha value is -2.83. The minimum absolute atomic E-state index is 0.152. The number of rotatable bonds is 4. The molecule has 0 spiro atoms. The maximum Gasteiger partial charge on any atom is 0.410 e. The number of halogens is 3. The van der Waals surface area contributed by atoms with E-state index in [-0.39, 0.29) is 24.3 Å². The molecule has 0 aromatic heterocycles. The van der Waals surface area contributed by atoms with Crippen LogP contribution in [-0.4, -0.2) is 28.9 Å². The number of nitrogens with zero attached hydrogens (tertiary/aromatic N) is 1. The van der Waals surface area contributed by atoms with Crippen LogP contribution in [0.4, 0.5) is 18.0 Å². The van der Waals surface area contributed by atoms with E-state index >= 15 is 0 Å². The first kappa shape index (κ1) is 19.5. The predicted molar refractivity (Wildman–Crippen MR) is 98.6 cm³/mol. The summed E-state index contributed by atoms with van der Waals surface area (Å²) in [4.78, 5) is 27.0. The number of carbonyl (C=O) groups is 2.